The van der Waals surface area contributed by atoms with Gasteiger partial charge in [-0.05, 0) is 118 Å². The van der Waals surface area contributed by atoms with E-state index in [1.54, 1.807) is 0 Å². The standard InChI is InChI=1S/C49H78O19/c1-21(2)24-10-15-49(17-16-47(7)26(31(24)49)18-27(51)41-46(6,13-12-30(52)62-9)25(22(3)4)11-14-48(41,47)8)45(61)68-44-38(59)35(56)33(54)29(66-44)20-63-42-39(60)36(57)40(28(19-50)65-42)67-43-37(58)34(55)32(53)23(5)64-43/h23-29,31-44,50-51,53-60H,1,3,10-20H2,2,4-9H3/t23-,24-,25-,26+,27+,28+,29+,31+,32-,33+,34+,35-,36+,37+,38+,39+,40+,41+,42+,43-,44-,46-,47+,48+,49-/m0/s1. The predicted octanol–water partition coefficient (Wildman–Crippen LogP) is 0.343. The van der Waals surface area contributed by atoms with Gasteiger partial charge in [0.15, 0.2) is 12.6 Å². The summed E-state index contributed by atoms with van der Waals surface area (Å²) in [4.78, 5) is 27.6. The van der Waals surface area contributed by atoms with Crippen molar-refractivity contribution >= 4 is 11.9 Å². The molecule has 10 N–H and O–H groups in total. The molecule has 4 saturated carbocycles. The van der Waals surface area contributed by atoms with Gasteiger partial charge in [-0.2, -0.15) is 0 Å². The number of allylic oxidation sites excluding steroid dienone is 2. The molecule has 19 heteroatoms. The summed E-state index contributed by atoms with van der Waals surface area (Å²) >= 11 is 0. The Balaban J connectivity index is 1.08. The molecule has 7 rings (SSSR count). The largest absolute Gasteiger partial charge is 0.469 e. The highest BCUT2D eigenvalue weighted by molar-refractivity contribution is 5.78. The fourth-order valence-electron chi connectivity index (χ4n) is 14.8. The average Bonchev–Trinajstić information content (AvgIpc) is 3.70. The highest BCUT2D eigenvalue weighted by atomic mass is 16.8. The first-order valence-corrected chi connectivity index (χ1v) is 24.4. The molecule has 7 fully saturated rings. The zero-order chi connectivity index (χ0) is 50.2. The second kappa shape index (κ2) is 20.0. The van der Waals surface area contributed by atoms with E-state index in [2.05, 4.69) is 33.9 Å². The molecule has 3 saturated heterocycles. The third-order valence-electron chi connectivity index (χ3n) is 18.6. The van der Waals surface area contributed by atoms with Crippen LogP contribution in [0.4, 0.5) is 0 Å². The third kappa shape index (κ3) is 8.84. The quantitative estimate of drug-likeness (QED) is 0.0880. The van der Waals surface area contributed by atoms with E-state index in [1.807, 2.05) is 13.8 Å². The van der Waals surface area contributed by atoms with Gasteiger partial charge in [0.1, 0.15) is 67.1 Å². The number of carbonyl (C=O) groups excluding carboxylic acids is 2. The second-order valence-corrected chi connectivity index (χ2v) is 22.2. The Kier molecular flexibility index (Phi) is 15.8. The first-order valence-electron chi connectivity index (χ1n) is 24.4. The monoisotopic (exact) mass is 971 g/mol. The molecule has 4 aliphatic carbocycles. The molecule has 0 amide bonds. The summed E-state index contributed by atoms with van der Waals surface area (Å²) in [5.41, 5.74) is -0.408. The number of aliphatic hydroxyl groups is 10. The van der Waals surface area contributed by atoms with Crippen LogP contribution >= 0.6 is 0 Å². The van der Waals surface area contributed by atoms with Crippen LogP contribution in [0.3, 0.4) is 0 Å². The maximum absolute atomic E-state index is 15.0. The van der Waals surface area contributed by atoms with Gasteiger partial charge in [-0.25, -0.2) is 0 Å². The van der Waals surface area contributed by atoms with Crippen LogP contribution in [0.1, 0.15) is 99.3 Å². The summed E-state index contributed by atoms with van der Waals surface area (Å²) in [6, 6.07) is 0. The Labute approximate surface area is 398 Å². The summed E-state index contributed by atoms with van der Waals surface area (Å²) in [6.07, 6.45) is -20.5. The Morgan fingerprint density at radius 1 is 0.706 bits per heavy atom. The van der Waals surface area contributed by atoms with E-state index in [0.29, 0.717) is 38.5 Å². The summed E-state index contributed by atoms with van der Waals surface area (Å²) in [5, 5.41) is 109. The molecule has 3 heterocycles. The van der Waals surface area contributed by atoms with Crippen LogP contribution in [0.25, 0.3) is 0 Å². The molecule has 0 radical (unpaired) electrons. The number of aliphatic hydroxyl groups excluding tert-OH is 10. The molecular weight excluding hydrogens is 893 g/mol. The van der Waals surface area contributed by atoms with Gasteiger partial charge >= 0.3 is 11.9 Å². The molecule has 0 aromatic carbocycles. The van der Waals surface area contributed by atoms with Crippen molar-refractivity contribution in [2.24, 2.45) is 51.2 Å². The van der Waals surface area contributed by atoms with Crippen molar-refractivity contribution in [2.75, 3.05) is 20.3 Å². The van der Waals surface area contributed by atoms with Gasteiger partial charge in [0.05, 0.1) is 37.9 Å². The maximum atomic E-state index is 15.0. The lowest BCUT2D eigenvalue weighted by Crippen LogP contribution is -2.68. The lowest BCUT2D eigenvalue weighted by atomic mass is 9.33. The number of fused-ring (bicyclic) bond motifs is 5. The zero-order valence-corrected chi connectivity index (χ0v) is 40.5. The van der Waals surface area contributed by atoms with E-state index in [0.717, 1.165) is 24.0 Å². The summed E-state index contributed by atoms with van der Waals surface area (Å²) in [6.45, 7) is 19.5. The van der Waals surface area contributed by atoms with Crippen LogP contribution in [-0.2, 0) is 42.7 Å². The molecule has 7 aliphatic rings. The highest BCUT2D eigenvalue weighted by Gasteiger charge is 2.73. The van der Waals surface area contributed by atoms with E-state index in [4.69, 9.17) is 33.2 Å². The summed E-state index contributed by atoms with van der Waals surface area (Å²) in [7, 11) is 1.38. The smallest absolute Gasteiger partial charge is 0.314 e. The topological polar surface area (TPSA) is 301 Å². The van der Waals surface area contributed by atoms with Crippen LogP contribution in [0, 0.1) is 51.2 Å². The molecule has 0 aromatic rings. The van der Waals surface area contributed by atoms with Crippen molar-refractivity contribution in [1.29, 1.82) is 0 Å². The molecule has 68 heavy (non-hydrogen) atoms. The fraction of sp³-hybridized carbons (Fsp3) is 0.878. The average molecular weight is 971 g/mol. The first-order chi connectivity index (χ1) is 31.8. The molecule has 0 unspecified atom stereocenters. The lowest BCUT2D eigenvalue weighted by molar-refractivity contribution is -0.361. The first kappa shape index (κ1) is 53.6. The predicted molar refractivity (Wildman–Crippen MR) is 237 cm³/mol. The Bertz CT molecular complexity index is 1850. The molecule has 0 aromatic heterocycles. The SMILES string of the molecule is C=C(C)[C@@H]1CC[C@]2(C(=O)O[C@@H]3O[C@H](CO[C@@H]4O[C@H](CO)[C@@H](O[C@@H]5O[C@@H](C)[C@H](O)[C@@H](O)[C@H]5O)[C@H](O)[C@H]4O)[C@@H](O)[C@H](O)[C@H]3O)CC[C@]3(C)[C@H](C[C@@H](O)[C@@H]4[C@@](C)(CCC(=O)OC)[C@H](C(=C)C)CC[C@]43C)[C@@H]12. The Morgan fingerprint density at radius 3 is 1.97 bits per heavy atom. The van der Waals surface area contributed by atoms with Gasteiger partial charge in [-0.1, -0.05) is 45.1 Å². The molecule has 19 nitrogen and oxygen atoms in total. The number of methoxy groups -OCH3 is 1. The van der Waals surface area contributed by atoms with Crippen molar-refractivity contribution in [2.45, 2.75) is 198 Å². The second-order valence-electron chi connectivity index (χ2n) is 22.2. The minimum Gasteiger partial charge on any atom is -0.469 e. The van der Waals surface area contributed by atoms with Gasteiger partial charge in [0.2, 0.25) is 6.29 Å². The van der Waals surface area contributed by atoms with E-state index >= 15 is 0 Å². The highest BCUT2D eigenvalue weighted by Crippen LogP contribution is 2.76. The number of hydrogen-bond donors (Lipinski definition) is 10. The van der Waals surface area contributed by atoms with Crippen molar-refractivity contribution in [3.05, 3.63) is 24.3 Å². The van der Waals surface area contributed by atoms with Crippen molar-refractivity contribution in [1.82, 2.24) is 0 Å². The van der Waals surface area contributed by atoms with E-state index in [1.165, 1.54) is 14.0 Å². The molecule has 388 valence electrons. The van der Waals surface area contributed by atoms with E-state index < -0.39 is 134 Å². The van der Waals surface area contributed by atoms with E-state index in [9.17, 15) is 60.7 Å². The number of carbonyl (C=O) groups is 2. The molecule has 25 atom stereocenters. The number of hydrogen-bond acceptors (Lipinski definition) is 19. The maximum Gasteiger partial charge on any atom is 0.314 e. The van der Waals surface area contributed by atoms with Gasteiger partial charge in [-0.3, -0.25) is 9.59 Å². The normalized spacial score (nSPS) is 51.4. The molecule has 0 spiro atoms. The van der Waals surface area contributed by atoms with Crippen molar-refractivity contribution in [3.8, 4) is 0 Å². The summed E-state index contributed by atoms with van der Waals surface area (Å²) in [5.74, 6) is -1.64. The Hall–Kier alpha value is -2.18. The van der Waals surface area contributed by atoms with Crippen LogP contribution in [0.5, 0.6) is 0 Å². The van der Waals surface area contributed by atoms with Gasteiger partial charge in [0, 0.05) is 6.42 Å². The number of esters is 2. The van der Waals surface area contributed by atoms with Crippen LogP contribution < -0.4 is 0 Å². The third-order valence-corrected chi connectivity index (χ3v) is 18.6. The van der Waals surface area contributed by atoms with Gasteiger partial charge < -0.3 is 84.2 Å². The fourth-order valence-corrected chi connectivity index (χ4v) is 14.8. The van der Waals surface area contributed by atoms with E-state index in [-0.39, 0.29) is 47.4 Å². The van der Waals surface area contributed by atoms with Crippen molar-refractivity contribution < 1.29 is 93.8 Å². The van der Waals surface area contributed by atoms with Gasteiger partial charge in [-0.15, -0.1) is 0 Å². The molecule has 0 bridgehead atoms. The minimum atomic E-state index is -1.89. The molecule has 3 aliphatic heterocycles. The number of ether oxygens (including phenoxy) is 7. The van der Waals surface area contributed by atoms with Crippen LogP contribution in [0.15, 0.2) is 24.3 Å². The van der Waals surface area contributed by atoms with Gasteiger partial charge in [0.25, 0.3) is 0 Å². The zero-order valence-electron chi connectivity index (χ0n) is 40.5. The van der Waals surface area contributed by atoms with Crippen molar-refractivity contribution in [3.63, 3.8) is 0 Å². The number of rotatable bonds is 13. The van der Waals surface area contributed by atoms with Crippen LogP contribution in [0.2, 0.25) is 0 Å². The summed E-state index contributed by atoms with van der Waals surface area (Å²) < 4.78 is 39.7. The molecular formula is C49H78O19. The Morgan fingerprint density at radius 2 is 1.34 bits per heavy atom. The van der Waals surface area contributed by atoms with Crippen LogP contribution in [-0.4, -0.2) is 182 Å². The lowest BCUT2D eigenvalue weighted by Gasteiger charge is -2.71. The minimum absolute atomic E-state index is 0.0730.